The Bertz CT molecular complexity index is 1960. The molecule has 0 saturated heterocycles. The number of thiazole rings is 1. The summed E-state index contributed by atoms with van der Waals surface area (Å²) in [6.45, 7) is 1.58. The fourth-order valence-electron chi connectivity index (χ4n) is 4.03. The van der Waals surface area contributed by atoms with Gasteiger partial charge in [0.1, 0.15) is 17.7 Å². The van der Waals surface area contributed by atoms with Gasteiger partial charge in [-0.05, 0) is 48.0 Å². The van der Waals surface area contributed by atoms with Crippen molar-refractivity contribution >= 4 is 65.0 Å². The Morgan fingerprint density at radius 1 is 1.05 bits per heavy atom. The number of carbonyl (C=O) groups is 2. The van der Waals surface area contributed by atoms with E-state index in [1.165, 1.54) is 22.8 Å². The van der Waals surface area contributed by atoms with Crippen molar-refractivity contribution in [3.05, 3.63) is 81.4 Å². The molecule has 0 bridgehead atoms. The molecule has 11 heteroatoms. The summed E-state index contributed by atoms with van der Waals surface area (Å²) in [6.07, 6.45) is 1.09. The first-order valence-electron chi connectivity index (χ1n) is 11.2. The first kappa shape index (κ1) is 24.6. The van der Waals surface area contributed by atoms with Crippen LogP contribution in [-0.4, -0.2) is 37.7 Å². The van der Waals surface area contributed by atoms with Gasteiger partial charge in [-0.15, -0.1) is 0 Å². The van der Waals surface area contributed by atoms with E-state index in [0.29, 0.717) is 21.2 Å². The second kappa shape index (κ2) is 9.41. The van der Waals surface area contributed by atoms with Gasteiger partial charge in [0.05, 0.1) is 21.7 Å². The maximum absolute atomic E-state index is 13.2. The highest BCUT2D eigenvalue weighted by molar-refractivity contribution is 7.90. The number of rotatable bonds is 5. The summed E-state index contributed by atoms with van der Waals surface area (Å²) < 4.78 is 36.5. The average Bonchev–Trinajstić information content (AvgIpc) is 3.18. The number of nitrogens with zero attached hydrogens (tertiary/aromatic N) is 2. The van der Waals surface area contributed by atoms with Crippen LogP contribution in [0.2, 0.25) is 0 Å². The van der Waals surface area contributed by atoms with Crippen LogP contribution in [0.25, 0.3) is 32.0 Å². The molecular weight excluding hydrogens is 516 g/mol. The number of hydrogen-bond donors (Lipinski definition) is 0. The topological polar surface area (TPSA) is 125 Å². The second-order valence-corrected chi connectivity index (χ2v) is 11.3. The highest BCUT2D eigenvalue weighted by atomic mass is 32.2. The molecule has 37 heavy (non-hydrogen) atoms. The lowest BCUT2D eigenvalue weighted by molar-refractivity contribution is -0.143. The summed E-state index contributed by atoms with van der Waals surface area (Å²) in [5.41, 5.74) is -0.267. The first-order chi connectivity index (χ1) is 17.7. The molecule has 188 valence electrons. The molecule has 0 radical (unpaired) electrons. The summed E-state index contributed by atoms with van der Waals surface area (Å²) >= 11 is 1.02. The number of benzene rings is 3. The third kappa shape index (κ3) is 4.70. The first-order valence-corrected chi connectivity index (χ1v) is 13.9. The number of sulfone groups is 1. The van der Waals surface area contributed by atoms with Gasteiger partial charge in [-0.3, -0.25) is 9.59 Å². The van der Waals surface area contributed by atoms with Crippen LogP contribution in [0.15, 0.2) is 79.8 Å². The van der Waals surface area contributed by atoms with E-state index in [2.05, 4.69) is 4.99 Å². The zero-order valence-electron chi connectivity index (χ0n) is 19.8. The van der Waals surface area contributed by atoms with Gasteiger partial charge < -0.3 is 13.7 Å². The molecule has 0 fully saturated rings. The molecule has 0 N–H and O–H groups in total. The van der Waals surface area contributed by atoms with Crippen molar-refractivity contribution in [2.45, 2.75) is 18.4 Å². The molecule has 2 heterocycles. The molecule has 0 aliphatic carbocycles. The molecule has 9 nitrogen and oxygen atoms in total. The predicted octanol–water partition coefficient (Wildman–Crippen LogP) is 3.67. The Balaban J connectivity index is 1.69. The highest BCUT2D eigenvalue weighted by Gasteiger charge is 2.18. The van der Waals surface area contributed by atoms with Gasteiger partial charge in [0.15, 0.2) is 14.6 Å². The largest absolute Gasteiger partial charge is 0.465 e. The normalized spacial score (nSPS) is 12.4. The number of aromatic nitrogens is 1. The minimum absolute atomic E-state index is 0.0875. The Morgan fingerprint density at radius 2 is 1.84 bits per heavy atom. The molecule has 0 unspecified atom stereocenters. The third-order valence-electron chi connectivity index (χ3n) is 5.74. The molecule has 5 aromatic rings. The van der Waals surface area contributed by atoms with Crippen molar-refractivity contribution in [1.29, 1.82) is 0 Å². The van der Waals surface area contributed by atoms with E-state index in [-0.39, 0.29) is 28.4 Å². The maximum Gasteiger partial charge on any atom is 0.349 e. The average molecular weight is 537 g/mol. The summed E-state index contributed by atoms with van der Waals surface area (Å²) in [5.74, 6) is -1.41. The Labute approximate surface area is 214 Å². The van der Waals surface area contributed by atoms with Crippen molar-refractivity contribution in [1.82, 2.24) is 4.57 Å². The van der Waals surface area contributed by atoms with Gasteiger partial charge in [0.25, 0.3) is 5.91 Å². The fourth-order valence-corrected chi connectivity index (χ4v) is 5.81. The standard InChI is InChI=1S/C26H20N2O7S2/c1-3-34-23(29)14-28-20-10-9-16(37(2,32)33)12-22(20)36-26(28)27-24(30)19-13-18-17-7-5-4-6-15(17)8-11-21(18)35-25(19)31/h4-13H,3,14H2,1-2H3. The number of esters is 1. The van der Waals surface area contributed by atoms with Crippen molar-refractivity contribution in [3.63, 3.8) is 0 Å². The molecule has 0 aliphatic heterocycles. The van der Waals surface area contributed by atoms with Gasteiger partial charge in [-0.1, -0.05) is 41.7 Å². The minimum atomic E-state index is -3.49. The highest BCUT2D eigenvalue weighted by Crippen LogP contribution is 2.25. The quantitative estimate of drug-likeness (QED) is 0.191. The van der Waals surface area contributed by atoms with Crippen molar-refractivity contribution in [3.8, 4) is 0 Å². The van der Waals surface area contributed by atoms with E-state index in [1.807, 2.05) is 30.3 Å². The van der Waals surface area contributed by atoms with E-state index in [1.54, 1.807) is 19.1 Å². The van der Waals surface area contributed by atoms with E-state index < -0.39 is 27.3 Å². The van der Waals surface area contributed by atoms with Crippen LogP contribution >= 0.6 is 11.3 Å². The van der Waals surface area contributed by atoms with Crippen LogP contribution in [0.1, 0.15) is 17.3 Å². The number of hydrogen-bond acceptors (Lipinski definition) is 8. The monoisotopic (exact) mass is 536 g/mol. The van der Waals surface area contributed by atoms with Crippen molar-refractivity contribution in [2.24, 2.45) is 4.99 Å². The number of fused-ring (bicyclic) bond motifs is 4. The Hall–Kier alpha value is -4.09. The molecule has 2 aromatic heterocycles. The lowest BCUT2D eigenvalue weighted by Gasteiger charge is -2.06. The number of ether oxygens (including phenoxy) is 1. The van der Waals surface area contributed by atoms with Gasteiger partial charge in [-0.25, -0.2) is 13.2 Å². The SMILES string of the molecule is CCOC(=O)Cn1c(=NC(=O)c2cc3c(ccc4ccccc43)oc2=O)sc2cc(S(C)(=O)=O)ccc21. The lowest BCUT2D eigenvalue weighted by Crippen LogP contribution is -2.24. The van der Waals surface area contributed by atoms with E-state index >= 15 is 0 Å². The molecule has 0 atom stereocenters. The molecule has 3 aromatic carbocycles. The van der Waals surface area contributed by atoms with Gasteiger partial charge in [0, 0.05) is 11.6 Å². The van der Waals surface area contributed by atoms with Gasteiger partial charge in [-0.2, -0.15) is 4.99 Å². The maximum atomic E-state index is 13.2. The van der Waals surface area contributed by atoms with Gasteiger partial charge in [0.2, 0.25) is 0 Å². The summed E-state index contributed by atoms with van der Waals surface area (Å²) in [5, 5.41) is 2.31. The Kier molecular flexibility index (Phi) is 6.26. The van der Waals surface area contributed by atoms with Crippen LogP contribution in [0.3, 0.4) is 0 Å². The van der Waals surface area contributed by atoms with E-state index in [0.717, 1.165) is 28.4 Å². The minimum Gasteiger partial charge on any atom is -0.465 e. The fraction of sp³-hybridized carbons (Fsp3) is 0.154. The summed E-state index contributed by atoms with van der Waals surface area (Å²) in [6, 6.07) is 16.9. The van der Waals surface area contributed by atoms with Crippen molar-refractivity contribution in [2.75, 3.05) is 12.9 Å². The van der Waals surface area contributed by atoms with Crippen LogP contribution < -0.4 is 10.4 Å². The van der Waals surface area contributed by atoms with Crippen molar-refractivity contribution < 1.29 is 27.2 Å². The van der Waals surface area contributed by atoms with Crippen LogP contribution in [0.5, 0.6) is 0 Å². The number of amides is 1. The third-order valence-corrected chi connectivity index (χ3v) is 7.90. The van der Waals surface area contributed by atoms with E-state index in [4.69, 9.17) is 9.15 Å². The van der Waals surface area contributed by atoms with Crippen LogP contribution in [0, 0.1) is 0 Å². The second-order valence-electron chi connectivity index (χ2n) is 8.24. The zero-order valence-corrected chi connectivity index (χ0v) is 21.4. The summed E-state index contributed by atoms with van der Waals surface area (Å²) in [7, 11) is -3.49. The molecule has 5 rings (SSSR count). The molecule has 0 aliphatic rings. The predicted molar refractivity (Wildman–Crippen MR) is 139 cm³/mol. The lowest BCUT2D eigenvalue weighted by atomic mass is 10.0. The molecular formula is C26H20N2O7S2. The molecule has 0 saturated carbocycles. The zero-order chi connectivity index (χ0) is 26.3. The van der Waals surface area contributed by atoms with Gasteiger partial charge >= 0.3 is 11.6 Å². The number of carbonyl (C=O) groups excluding carboxylic acids is 2. The van der Waals surface area contributed by atoms with Crippen LogP contribution in [0.4, 0.5) is 0 Å². The Morgan fingerprint density at radius 3 is 2.59 bits per heavy atom. The van der Waals surface area contributed by atoms with E-state index in [9.17, 15) is 22.8 Å². The smallest absolute Gasteiger partial charge is 0.349 e. The summed E-state index contributed by atoms with van der Waals surface area (Å²) in [4.78, 5) is 42.5. The molecule has 0 spiro atoms. The van der Waals surface area contributed by atoms with Crippen LogP contribution in [-0.2, 0) is 25.9 Å². The molecule has 1 amide bonds.